The van der Waals surface area contributed by atoms with E-state index in [-0.39, 0.29) is 0 Å². The van der Waals surface area contributed by atoms with Gasteiger partial charge < -0.3 is 0 Å². The van der Waals surface area contributed by atoms with Crippen LogP contribution in [0.15, 0.2) is 0 Å². The second-order valence-corrected chi connectivity index (χ2v) is 52.0. The third-order valence-electron chi connectivity index (χ3n) is 37.3. The Morgan fingerprint density at radius 1 is 0.212 bits per heavy atom. The maximum atomic E-state index is 2.49. The van der Waals surface area contributed by atoms with E-state index in [0.717, 1.165) is 147 Å². The highest BCUT2D eigenvalue weighted by Gasteiger charge is 2.66. The predicted molar refractivity (Wildman–Crippen MR) is 457 cm³/mol. The molecule has 0 aromatic carbocycles. The van der Waals surface area contributed by atoms with Crippen LogP contribution in [0.2, 0.25) is 0 Å². The van der Waals surface area contributed by atoms with Crippen molar-refractivity contribution in [2.75, 3.05) is 0 Å². The summed E-state index contributed by atoms with van der Waals surface area (Å²) in [7, 11) is 0. The maximum absolute atomic E-state index is 2.49. The second kappa shape index (κ2) is 33.8. The first kappa shape index (κ1) is 84.9. The molecule has 14 atom stereocenters. The molecular weight excluding hydrogens is 1250 g/mol. The lowest BCUT2D eigenvalue weighted by Gasteiger charge is -2.63. The summed E-state index contributed by atoms with van der Waals surface area (Å²) in [6, 6.07) is 0. The van der Waals surface area contributed by atoms with E-state index >= 15 is 0 Å². The Bertz CT molecular complexity index is 2490. The van der Waals surface area contributed by atoms with Gasteiger partial charge >= 0.3 is 0 Å². The van der Waals surface area contributed by atoms with Gasteiger partial charge in [-0.15, -0.1) is 0 Å². The van der Waals surface area contributed by atoms with E-state index in [1.165, 1.54) is 224 Å². The fourth-order valence-corrected chi connectivity index (χ4v) is 31.7. The monoisotopic (exact) mass is 1440 g/mol. The molecule has 104 heavy (non-hydrogen) atoms. The molecule has 21 saturated carbocycles. The van der Waals surface area contributed by atoms with Gasteiger partial charge in [-0.3, -0.25) is 0 Å². The quantitative estimate of drug-likeness (QED) is 0.227. The van der Waals surface area contributed by atoms with Crippen LogP contribution in [0.3, 0.4) is 0 Å². The molecule has 21 fully saturated rings. The van der Waals surface area contributed by atoms with E-state index in [0.29, 0.717) is 43.3 Å². The molecule has 0 aromatic heterocycles. The van der Waals surface area contributed by atoms with Crippen LogP contribution in [0.4, 0.5) is 0 Å². The first-order chi connectivity index (χ1) is 48.5. The molecule has 21 aliphatic rings. The highest BCUT2D eigenvalue weighted by atomic mass is 14.7. The zero-order valence-corrected chi connectivity index (χ0v) is 75.4. The Morgan fingerprint density at radius 3 is 0.904 bits per heavy atom. The molecule has 0 saturated heterocycles. The van der Waals surface area contributed by atoms with Gasteiger partial charge in [-0.25, -0.2) is 0 Å². The van der Waals surface area contributed by atoms with Crippen molar-refractivity contribution in [1.29, 1.82) is 0 Å². The smallest absolute Gasteiger partial charge is 0.0238 e. The molecule has 14 unspecified atom stereocenters. The maximum Gasteiger partial charge on any atom is -0.0238 e. The molecule has 21 aliphatic carbocycles. The lowest BCUT2D eigenvalue weighted by atomic mass is 9.41. The van der Waals surface area contributed by atoms with Gasteiger partial charge in [0.15, 0.2) is 0 Å². The molecule has 604 valence electrons. The molecule has 0 aromatic rings. The topological polar surface area (TPSA) is 0 Å². The van der Waals surface area contributed by atoms with Gasteiger partial charge in [0, 0.05) is 0 Å². The molecule has 0 amide bonds. The second-order valence-electron chi connectivity index (χ2n) is 52.0. The Balaban J connectivity index is 0.000000119. The van der Waals surface area contributed by atoms with Crippen LogP contribution >= 0.6 is 0 Å². The zero-order chi connectivity index (χ0) is 75.4. The Hall–Kier alpha value is 0. The number of rotatable bonds is 0. The summed E-state index contributed by atoms with van der Waals surface area (Å²) in [6.07, 6.45) is 70.8. The van der Waals surface area contributed by atoms with Crippen molar-refractivity contribution in [2.24, 2.45) is 196 Å². The van der Waals surface area contributed by atoms with Crippen molar-refractivity contribution in [3.8, 4) is 0 Å². The standard InChI is InChI=1S/C14H24.2C14H26.C13H22.2C13H24.C12H22.C11H20/c1-13(2,3)14-7-10-4-11(8-14)6-12(5-10)9-14;1-14(2,3)13-10-8-11-5-4-6-12(13)9-7-11;1-14(2,3)13-9-11-6-4-5-7-12(8-11)10-13;1-12(2,3)10-5-7-13-6-4-9(13)8-11(10)13;1-13(2,3)12-9-6-10-4-7-11(12)8-5-10;1-13(2,3)12-10-6-4-7-11(12)9-5-8-10;1-12(2,3)11-8-9-4-6-10(11)7-5-9;1-11(2,3)10-7-8-4-5-9(10)6-8/h10-12H,4-9H2,1-3H3;2*11-13H,4-10H2,1-3H3;9-11H,4-8H2,1-3H3;2*10-12H,4-9H2,1-3H3;9-11H,4-8H2,1-3H3;8-10H,4-7H2,1-3H3. The molecule has 0 heterocycles. The molecule has 0 aliphatic heterocycles. The number of fused-ring (bicyclic) bond motifs is 16. The van der Waals surface area contributed by atoms with Crippen molar-refractivity contribution in [3.05, 3.63) is 0 Å². The van der Waals surface area contributed by atoms with E-state index in [2.05, 4.69) is 166 Å². The van der Waals surface area contributed by atoms with Gasteiger partial charge in [0.05, 0.1) is 0 Å². The first-order valence-corrected chi connectivity index (χ1v) is 48.5. The largest absolute Gasteiger partial charge is 0.0599 e. The van der Waals surface area contributed by atoms with Crippen LogP contribution in [0.5, 0.6) is 0 Å². The number of hydrogen-bond donors (Lipinski definition) is 0. The molecule has 21 rings (SSSR count). The third kappa shape index (κ3) is 20.9. The molecule has 0 heteroatoms. The summed E-state index contributed by atoms with van der Waals surface area (Å²) in [5.74, 6) is 25.8. The summed E-state index contributed by atoms with van der Waals surface area (Å²) in [5, 5.41) is 0. The molecular formula is C104H188. The Labute approximate surface area is 653 Å². The van der Waals surface area contributed by atoms with E-state index in [1.807, 2.05) is 0 Å². The van der Waals surface area contributed by atoms with Gasteiger partial charge in [-0.05, 0) is 357 Å². The Kier molecular flexibility index (Phi) is 27.6. The van der Waals surface area contributed by atoms with Gasteiger partial charge in [-0.2, -0.15) is 0 Å². The summed E-state index contributed by atoms with van der Waals surface area (Å²) in [5.41, 5.74) is 6.17. The highest BCUT2D eigenvalue weighted by Crippen LogP contribution is 2.75. The average molecular weight is 1440 g/mol. The molecule has 0 N–H and O–H groups in total. The first-order valence-electron chi connectivity index (χ1n) is 48.5. The van der Waals surface area contributed by atoms with Crippen molar-refractivity contribution in [3.63, 3.8) is 0 Å². The van der Waals surface area contributed by atoms with Crippen molar-refractivity contribution >= 4 is 0 Å². The Morgan fingerprint density at radius 2 is 0.558 bits per heavy atom. The van der Waals surface area contributed by atoms with E-state index in [9.17, 15) is 0 Å². The molecule has 0 radical (unpaired) electrons. The average Bonchev–Trinajstić information content (AvgIpc) is 1.46. The fraction of sp³-hybridized carbons (Fsp3) is 1.00. The molecule has 16 bridgehead atoms. The van der Waals surface area contributed by atoms with Crippen LogP contribution in [0.25, 0.3) is 0 Å². The van der Waals surface area contributed by atoms with Crippen LogP contribution < -0.4 is 0 Å². The van der Waals surface area contributed by atoms with E-state index in [4.69, 9.17) is 0 Å². The summed E-state index contributed by atoms with van der Waals surface area (Å²) < 4.78 is 0. The summed E-state index contributed by atoms with van der Waals surface area (Å²) >= 11 is 0. The van der Waals surface area contributed by atoms with Crippen LogP contribution in [-0.4, -0.2) is 0 Å². The van der Waals surface area contributed by atoms with E-state index in [1.54, 1.807) is 77.0 Å². The highest BCUT2D eigenvalue weighted by molar-refractivity contribution is 5.16. The minimum absolute atomic E-state index is 0.552. The third-order valence-corrected chi connectivity index (χ3v) is 37.3. The van der Waals surface area contributed by atoms with Crippen molar-refractivity contribution in [2.45, 2.75) is 462 Å². The minimum Gasteiger partial charge on any atom is -0.0599 e. The fourth-order valence-electron chi connectivity index (χ4n) is 31.7. The van der Waals surface area contributed by atoms with Gasteiger partial charge in [-0.1, -0.05) is 301 Å². The van der Waals surface area contributed by atoms with Crippen LogP contribution in [0.1, 0.15) is 462 Å². The predicted octanol–water partition coefficient (Wildman–Crippen LogP) is 33.2. The van der Waals surface area contributed by atoms with Crippen molar-refractivity contribution < 1.29 is 0 Å². The van der Waals surface area contributed by atoms with Gasteiger partial charge in [0.2, 0.25) is 0 Å². The van der Waals surface area contributed by atoms with Gasteiger partial charge in [0.25, 0.3) is 0 Å². The summed E-state index contributed by atoms with van der Waals surface area (Å²) in [6.45, 7) is 58.7. The lowest BCUT2D eigenvalue weighted by Crippen LogP contribution is -2.55. The van der Waals surface area contributed by atoms with Crippen LogP contribution in [0, 0.1) is 196 Å². The van der Waals surface area contributed by atoms with Crippen molar-refractivity contribution in [1.82, 2.24) is 0 Å². The minimum atomic E-state index is 0.552. The normalized spacial score (nSPS) is 43.6. The van der Waals surface area contributed by atoms with Gasteiger partial charge in [0.1, 0.15) is 0 Å². The zero-order valence-electron chi connectivity index (χ0n) is 75.4. The molecule has 0 nitrogen and oxygen atoms in total. The number of hydrogen-bond acceptors (Lipinski definition) is 0. The van der Waals surface area contributed by atoms with Crippen LogP contribution in [-0.2, 0) is 0 Å². The molecule has 1 spiro atoms. The summed E-state index contributed by atoms with van der Waals surface area (Å²) in [4.78, 5) is 0. The SMILES string of the molecule is CC(C)(C)C12CC3CC(CC(C3)C1)C2.CC(C)(C)C1C2CCCC1CCC2.CC(C)(C)C1CC2CCC1C2.CC(C)(C)C1CC2CCC1CC2.CC(C)(C)C1CC2CCCCC(C2)C1.CC(C)(C)C1CCC23CCC2CC13.CC(C)(C)C1CCC2CCC1CC2.CC(C)(C)C1CCC2CCCC1CC2. The van der Waals surface area contributed by atoms with E-state index < -0.39 is 0 Å². The lowest BCUT2D eigenvalue weighted by molar-refractivity contribution is -0.143.